The highest BCUT2D eigenvalue weighted by Gasteiger charge is 2.10. The Kier molecular flexibility index (Phi) is 6.62. The number of hydrogen-bond donors (Lipinski definition) is 2. The lowest BCUT2D eigenvalue weighted by atomic mass is 10.1. The first-order valence-corrected chi connectivity index (χ1v) is 9.46. The highest BCUT2D eigenvalue weighted by molar-refractivity contribution is 6.33. The van der Waals surface area contributed by atoms with Gasteiger partial charge in [-0.1, -0.05) is 47.5 Å². The number of ether oxygens (including phenoxy) is 2. The minimum absolute atomic E-state index is 0.0778. The molecular formula is C23H22ClNO4. The van der Waals surface area contributed by atoms with E-state index in [-0.39, 0.29) is 10.6 Å². The van der Waals surface area contributed by atoms with Crippen molar-refractivity contribution in [1.29, 1.82) is 0 Å². The lowest BCUT2D eigenvalue weighted by Crippen LogP contribution is -2.03. The molecule has 0 saturated carbocycles. The van der Waals surface area contributed by atoms with Gasteiger partial charge in [-0.05, 0) is 48.4 Å². The van der Waals surface area contributed by atoms with Crippen LogP contribution in [0.2, 0.25) is 5.02 Å². The van der Waals surface area contributed by atoms with Crippen LogP contribution in [0.4, 0.5) is 5.69 Å². The number of aryl methyl sites for hydroxylation is 1. The van der Waals surface area contributed by atoms with Crippen LogP contribution in [-0.4, -0.2) is 18.2 Å². The Morgan fingerprint density at radius 2 is 1.86 bits per heavy atom. The van der Waals surface area contributed by atoms with E-state index < -0.39 is 5.97 Å². The molecule has 0 bridgehead atoms. The zero-order valence-corrected chi connectivity index (χ0v) is 17.0. The van der Waals surface area contributed by atoms with E-state index in [0.29, 0.717) is 24.7 Å². The third-order valence-corrected chi connectivity index (χ3v) is 4.71. The smallest absolute Gasteiger partial charge is 0.337 e. The van der Waals surface area contributed by atoms with Gasteiger partial charge < -0.3 is 19.9 Å². The van der Waals surface area contributed by atoms with Crippen molar-refractivity contribution in [1.82, 2.24) is 0 Å². The summed E-state index contributed by atoms with van der Waals surface area (Å²) in [5, 5.41) is 12.5. The van der Waals surface area contributed by atoms with E-state index in [1.807, 2.05) is 43.3 Å². The number of carbonyl (C=O) groups is 1. The molecule has 0 aromatic heterocycles. The summed E-state index contributed by atoms with van der Waals surface area (Å²) in [6.07, 6.45) is 0. The zero-order chi connectivity index (χ0) is 20.8. The van der Waals surface area contributed by atoms with Crippen LogP contribution in [-0.2, 0) is 13.2 Å². The summed E-state index contributed by atoms with van der Waals surface area (Å²) in [6, 6.07) is 18.7. The van der Waals surface area contributed by atoms with E-state index >= 15 is 0 Å². The minimum atomic E-state index is -1.05. The van der Waals surface area contributed by atoms with Crippen molar-refractivity contribution in [2.24, 2.45) is 0 Å². The fourth-order valence-electron chi connectivity index (χ4n) is 2.91. The number of nitrogens with one attached hydrogen (secondary N) is 1. The molecule has 0 heterocycles. The van der Waals surface area contributed by atoms with Gasteiger partial charge in [-0.2, -0.15) is 0 Å². The number of anilines is 1. The summed E-state index contributed by atoms with van der Waals surface area (Å²) in [4.78, 5) is 11.0. The minimum Gasteiger partial charge on any atom is -0.493 e. The molecule has 0 atom stereocenters. The van der Waals surface area contributed by atoms with Crippen LogP contribution >= 0.6 is 11.6 Å². The van der Waals surface area contributed by atoms with E-state index in [1.165, 1.54) is 11.6 Å². The van der Waals surface area contributed by atoms with Gasteiger partial charge in [0.15, 0.2) is 11.5 Å². The summed E-state index contributed by atoms with van der Waals surface area (Å²) in [7, 11) is 1.61. The van der Waals surface area contributed by atoms with Crippen molar-refractivity contribution >= 4 is 23.3 Å². The topological polar surface area (TPSA) is 67.8 Å². The number of halogens is 1. The molecule has 0 saturated heterocycles. The second kappa shape index (κ2) is 9.34. The maximum absolute atomic E-state index is 11.0. The van der Waals surface area contributed by atoms with Crippen LogP contribution in [0.5, 0.6) is 11.5 Å². The molecule has 0 aliphatic rings. The fourth-order valence-corrected chi connectivity index (χ4v) is 3.17. The molecule has 0 fully saturated rings. The van der Waals surface area contributed by atoms with Crippen LogP contribution in [0.3, 0.4) is 0 Å². The van der Waals surface area contributed by atoms with Crippen LogP contribution in [0.25, 0.3) is 0 Å². The summed E-state index contributed by atoms with van der Waals surface area (Å²) >= 11 is 6.01. The monoisotopic (exact) mass is 411 g/mol. The maximum atomic E-state index is 11.0. The first-order valence-electron chi connectivity index (χ1n) is 9.08. The molecule has 0 aliphatic heterocycles. The maximum Gasteiger partial charge on any atom is 0.337 e. The summed E-state index contributed by atoms with van der Waals surface area (Å²) in [5.74, 6) is 0.273. The zero-order valence-electron chi connectivity index (χ0n) is 16.2. The van der Waals surface area contributed by atoms with Crippen molar-refractivity contribution in [3.05, 3.63) is 87.9 Å². The van der Waals surface area contributed by atoms with Gasteiger partial charge in [-0.15, -0.1) is 0 Å². The highest BCUT2D eigenvalue weighted by atomic mass is 35.5. The van der Waals surface area contributed by atoms with Crippen LogP contribution in [0.1, 0.15) is 27.0 Å². The number of methoxy groups -OCH3 is 1. The lowest BCUT2D eigenvalue weighted by Gasteiger charge is -2.13. The SMILES string of the molecule is COc1cc(CNc2ccc(C(=O)O)c(Cl)c2)ccc1OCc1cccc(C)c1. The number of benzene rings is 3. The van der Waals surface area contributed by atoms with Gasteiger partial charge >= 0.3 is 5.97 Å². The summed E-state index contributed by atoms with van der Waals surface area (Å²) in [6.45, 7) is 3.04. The van der Waals surface area contributed by atoms with Crippen LogP contribution in [0.15, 0.2) is 60.7 Å². The van der Waals surface area contributed by atoms with Crippen molar-refractivity contribution in [2.75, 3.05) is 12.4 Å². The molecule has 3 rings (SSSR count). The highest BCUT2D eigenvalue weighted by Crippen LogP contribution is 2.29. The molecule has 3 aromatic rings. The quantitative estimate of drug-likeness (QED) is 0.509. The average Bonchev–Trinajstić information content (AvgIpc) is 2.70. The second-order valence-corrected chi connectivity index (χ2v) is 7.02. The van der Waals surface area contributed by atoms with Gasteiger partial charge in [0.25, 0.3) is 0 Å². The Morgan fingerprint density at radius 3 is 2.55 bits per heavy atom. The number of carboxylic acid groups (broad SMARTS) is 1. The molecule has 0 radical (unpaired) electrons. The number of rotatable bonds is 8. The number of hydrogen-bond acceptors (Lipinski definition) is 4. The van der Waals surface area contributed by atoms with E-state index in [1.54, 1.807) is 19.2 Å². The molecule has 2 N–H and O–H groups in total. The third kappa shape index (κ3) is 5.42. The van der Waals surface area contributed by atoms with E-state index in [9.17, 15) is 4.79 Å². The van der Waals surface area contributed by atoms with Gasteiger partial charge in [-0.3, -0.25) is 0 Å². The molecular weight excluding hydrogens is 390 g/mol. The molecule has 3 aromatic carbocycles. The van der Waals surface area contributed by atoms with Crippen LogP contribution in [0, 0.1) is 6.92 Å². The first kappa shape index (κ1) is 20.6. The van der Waals surface area contributed by atoms with Crippen molar-refractivity contribution in [3.63, 3.8) is 0 Å². The van der Waals surface area contributed by atoms with Crippen molar-refractivity contribution in [3.8, 4) is 11.5 Å². The Morgan fingerprint density at radius 1 is 1.03 bits per heavy atom. The van der Waals surface area contributed by atoms with E-state index in [0.717, 1.165) is 16.8 Å². The predicted molar refractivity (Wildman–Crippen MR) is 114 cm³/mol. The lowest BCUT2D eigenvalue weighted by molar-refractivity contribution is 0.0697. The molecule has 0 spiro atoms. The standard InChI is InChI=1S/C23H22ClNO4/c1-15-4-3-5-17(10-15)14-29-21-9-6-16(11-22(21)28-2)13-25-18-7-8-19(23(26)27)20(24)12-18/h3-12,25H,13-14H2,1-2H3,(H,26,27). The largest absolute Gasteiger partial charge is 0.493 e. The summed E-state index contributed by atoms with van der Waals surface area (Å²) < 4.78 is 11.4. The van der Waals surface area contributed by atoms with Gasteiger partial charge in [0.05, 0.1) is 17.7 Å². The molecule has 0 aliphatic carbocycles. The Balaban J connectivity index is 1.65. The van der Waals surface area contributed by atoms with Crippen molar-refractivity contribution < 1.29 is 19.4 Å². The Hall–Kier alpha value is -3.18. The molecule has 0 unspecified atom stereocenters. The Bertz CT molecular complexity index is 1020. The summed E-state index contributed by atoms with van der Waals surface area (Å²) in [5.41, 5.74) is 4.09. The molecule has 0 amide bonds. The normalized spacial score (nSPS) is 10.4. The van der Waals surface area contributed by atoms with Gasteiger partial charge in [0.1, 0.15) is 6.61 Å². The fraction of sp³-hybridized carbons (Fsp3) is 0.174. The first-order chi connectivity index (χ1) is 14.0. The van der Waals surface area contributed by atoms with Gasteiger partial charge in [0, 0.05) is 12.2 Å². The van der Waals surface area contributed by atoms with Gasteiger partial charge in [-0.25, -0.2) is 4.79 Å². The van der Waals surface area contributed by atoms with Crippen molar-refractivity contribution in [2.45, 2.75) is 20.1 Å². The number of carboxylic acids is 1. The molecule has 6 heteroatoms. The second-order valence-electron chi connectivity index (χ2n) is 6.62. The number of aromatic carboxylic acids is 1. The van der Waals surface area contributed by atoms with Crippen LogP contribution < -0.4 is 14.8 Å². The third-order valence-electron chi connectivity index (χ3n) is 4.40. The molecule has 29 heavy (non-hydrogen) atoms. The van der Waals surface area contributed by atoms with E-state index in [4.69, 9.17) is 26.2 Å². The molecule has 150 valence electrons. The van der Waals surface area contributed by atoms with Gasteiger partial charge in [0.2, 0.25) is 0 Å². The molecule has 5 nitrogen and oxygen atoms in total. The average molecular weight is 412 g/mol. The Labute approximate surface area is 174 Å². The predicted octanol–water partition coefficient (Wildman–Crippen LogP) is 5.55. The van der Waals surface area contributed by atoms with E-state index in [2.05, 4.69) is 11.4 Å².